The molecular weight excluding hydrogens is 456 g/mol. The molecule has 1 saturated carbocycles. The molecule has 188 valence electrons. The molecule has 0 spiro atoms. The van der Waals surface area contributed by atoms with Crippen molar-refractivity contribution in [1.82, 2.24) is 24.7 Å². The summed E-state index contributed by atoms with van der Waals surface area (Å²) in [5.41, 5.74) is 0.830. The fourth-order valence-corrected chi connectivity index (χ4v) is 5.24. The Bertz CT molecular complexity index is 1260. The van der Waals surface area contributed by atoms with Crippen molar-refractivity contribution in [3.8, 4) is 11.5 Å². The van der Waals surface area contributed by atoms with E-state index in [4.69, 9.17) is 4.74 Å². The van der Waals surface area contributed by atoms with E-state index in [1.807, 2.05) is 29.2 Å². The molecule has 4 heterocycles. The van der Waals surface area contributed by atoms with Crippen LogP contribution < -0.4 is 15.4 Å². The lowest BCUT2D eigenvalue weighted by atomic mass is 10.0. The molecule has 2 aromatic heterocycles. The number of aromatic nitrogens is 2. The first-order chi connectivity index (χ1) is 17.6. The molecule has 2 aliphatic heterocycles. The predicted molar refractivity (Wildman–Crippen MR) is 138 cm³/mol. The van der Waals surface area contributed by atoms with Crippen LogP contribution in [0, 0.1) is 0 Å². The summed E-state index contributed by atoms with van der Waals surface area (Å²) >= 11 is 0. The number of carbonyl (C=O) groups excluding carboxylic acids is 2. The molecule has 1 aromatic carbocycles. The van der Waals surface area contributed by atoms with E-state index in [-0.39, 0.29) is 12.1 Å². The van der Waals surface area contributed by atoms with Crippen molar-refractivity contribution in [2.45, 2.75) is 50.6 Å². The summed E-state index contributed by atoms with van der Waals surface area (Å²) in [5, 5.41) is 6.85. The number of fused-ring (bicyclic) bond motifs is 1. The summed E-state index contributed by atoms with van der Waals surface area (Å²) in [4.78, 5) is 34.0. The maximum Gasteiger partial charge on any atom is 0.326 e. The zero-order valence-corrected chi connectivity index (χ0v) is 20.4. The van der Waals surface area contributed by atoms with E-state index in [0.29, 0.717) is 29.4 Å². The molecule has 9 heteroatoms. The molecule has 6 rings (SSSR count). The minimum absolute atomic E-state index is 0.101. The van der Waals surface area contributed by atoms with E-state index in [1.165, 1.54) is 25.9 Å². The van der Waals surface area contributed by atoms with E-state index in [1.54, 1.807) is 29.1 Å². The number of carbonyl (C=O) groups is 2. The number of benzene rings is 1. The van der Waals surface area contributed by atoms with Crippen molar-refractivity contribution in [1.29, 1.82) is 0 Å². The quantitative estimate of drug-likeness (QED) is 0.546. The van der Waals surface area contributed by atoms with Gasteiger partial charge in [0.05, 0.1) is 5.52 Å². The molecule has 0 radical (unpaired) electrons. The van der Waals surface area contributed by atoms with Crippen LogP contribution in [0.2, 0.25) is 0 Å². The number of amides is 3. The lowest BCUT2D eigenvalue weighted by Gasteiger charge is -2.36. The van der Waals surface area contributed by atoms with Crippen LogP contribution in [0.1, 0.15) is 38.5 Å². The Labute approximate surface area is 210 Å². The van der Waals surface area contributed by atoms with Gasteiger partial charge in [0.15, 0.2) is 0 Å². The highest BCUT2D eigenvalue weighted by Gasteiger charge is 2.28. The number of nitrogens with zero attached hydrogens (tertiary/aromatic N) is 4. The molecule has 1 aliphatic carbocycles. The fourth-order valence-electron chi connectivity index (χ4n) is 5.24. The van der Waals surface area contributed by atoms with Crippen molar-refractivity contribution in [2.75, 3.05) is 31.5 Å². The van der Waals surface area contributed by atoms with E-state index in [2.05, 4.69) is 20.5 Å². The molecule has 0 unspecified atom stereocenters. The maximum atomic E-state index is 12.8. The highest BCUT2D eigenvalue weighted by Crippen LogP contribution is 2.28. The first-order valence-corrected chi connectivity index (χ1v) is 13.0. The molecule has 9 nitrogen and oxygen atoms in total. The Morgan fingerprint density at radius 3 is 2.44 bits per heavy atom. The molecule has 2 saturated heterocycles. The first-order valence-electron chi connectivity index (χ1n) is 13.0. The number of piperidine rings is 1. The smallest absolute Gasteiger partial charge is 0.326 e. The number of urea groups is 1. The van der Waals surface area contributed by atoms with Gasteiger partial charge in [0.25, 0.3) is 0 Å². The molecule has 3 aromatic rings. The number of likely N-dealkylation sites (tertiary alicyclic amines) is 2. The van der Waals surface area contributed by atoms with E-state index < -0.39 is 0 Å². The average Bonchev–Trinajstić information content (AvgIpc) is 3.36. The van der Waals surface area contributed by atoms with Crippen LogP contribution in [0.4, 0.5) is 15.4 Å². The summed E-state index contributed by atoms with van der Waals surface area (Å²) < 4.78 is 7.68. The van der Waals surface area contributed by atoms with Crippen molar-refractivity contribution in [3.05, 3.63) is 48.8 Å². The third kappa shape index (κ3) is 5.02. The minimum Gasteiger partial charge on any atom is -0.457 e. The highest BCUT2D eigenvalue weighted by atomic mass is 16.5. The average molecular weight is 489 g/mol. The number of ether oxygens (including phenoxy) is 1. The Morgan fingerprint density at radius 1 is 0.889 bits per heavy atom. The largest absolute Gasteiger partial charge is 0.457 e. The number of hydrogen-bond acceptors (Lipinski definition) is 5. The third-order valence-corrected chi connectivity index (χ3v) is 7.40. The van der Waals surface area contributed by atoms with Gasteiger partial charge in [-0.3, -0.25) is 9.88 Å². The van der Waals surface area contributed by atoms with Gasteiger partial charge < -0.3 is 19.9 Å². The van der Waals surface area contributed by atoms with Gasteiger partial charge in [0.2, 0.25) is 0 Å². The van der Waals surface area contributed by atoms with Crippen molar-refractivity contribution in [2.24, 2.45) is 0 Å². The van der Waals surface area contributed by atoms with Gasteiger partial charge in [-0.15, -0.1) is 0 Å². The summed E-state index contributed by atoms with van der Waals surface area (Å²) in [7, 11) is 0. The molecular formula is C27H32N6O3. The van der Waals surface area contributed by atoms with E-state index in [0.717, 1.165) is 49.7 Å². The Kier molecular flexibility index (Phi) is 6.23. The molecule has 0 bridgehead atoms. The number of nitrogens with one attached hydrogen (secondary N) is 2. The molecule has 3 aliphatic rings. The van der Waals surface area contributed by atoms with Crippen LogP contribution in [-0.4, -0.2) is 69.7 Å². The SMILES string of the molecule is O=C(Nc1cc(Oc2ccc3c(ccn3C(=O)NC3CC3)c2)ccn1)N1CCC(N2CCCC2)CC1. The normalized spacial score (nSPS) is 18.9. The monoisotopic (exact) mass is 488 g/mol. The first kappa shape index (κ1) is 22.8. The molecule has 3 fully saturated rings. The zero-order valence-electron chi connectivity index (χ0n) is 20.4. The van der Waals surface area contributed by atoms with Gasteiger partial charge in [0.1, 0.15) is 17.3 Å². The van der Waals surface area contributed by atoms with Gasteiger partial charge in [-0.2, -0.15) is 0 Å². The topological polar surface area (TPSA) is 91.7 Å². The van der Waals surface area contributed by atoms with Crippen LogP contribution in [0.5, 0.6) is 11.5 Å². The summed E-state index contributed by atoms with van der Waals surface area (Å²) in [5.74, 6) is 1.69. The fraction of sp³-hybridized carbons (Fsp3) is 0.444. The van der Waals surface area contributed by atoms with Gasteiger partial charge >= 0.3 is 12.1 Å². The van der Waals surface area contributed by atoms with Crippen molar-refractivity contribution in [3.63, 3.8) is 0 Å². The summed E-state index contributed by atoms with van der Waals surface area (Å²) in [6.07, 6.45) is 10.1. The highest BCUT2D eigenvalue weighted by molar-refractivity contribution is 5.92. The van der Waals surface area contributed by atoms with Gasteiger partial charge in [0, 0.05) is 49.0 Å². The van der Waals surface area contributed by atoms with Crippen LogP contribution in [0.15, 0.2) is 48.8 Å². The molecule has 2 N–H and O–H groups in total. The second-order valence-electron chi connectivity index (χ2n) is 10.0. The summed E-state index contributed by atoms with van der Waals surface area (Å²) in [6, 6.07) is 11.7. The zero-order chi connectivity index (χ0) is 24.5. The van der Waals surface area contributed by atoms with Crippen LogP contribution >= 0.6 is 0 Å². The number of rotatable bonds is 5. The number of hydrogen-bond donors (Lipinski definition) is 2. The van der Waals surface area contributed by atoms with Crippen LogP contribution in [0.25, 0.3) is 10.9 Å². The second kappa shape index (κ2) is 9.81. The number of pyridine rings is 1. The van der Waals surface area contributed by atoms with Crippen molar-refractivity contribution < 1.29 is 14.3 Å². The molecule has 3 amide bonds. The van der Waals surface area contributed by atoms with Gasteiger partial charge in [-0.25, -0.2) is 14.6 Å². The van der Waals surface area contributed by atoms with E-state index in [9.17, 15) is 9.59 Å². The molecule has 0 atom stereocenters. The Morgan fingerprint density at radius 2 is 1.67 bits per heavy atom. The summed E-state index contributed by atoms with van der Waals surface area (Å²) in [6.45, 7) is 3.92. The second-order valence-corrected chi connectivity index (χ2v) is 10.0. The Hall–Kier alpha value is -3.59. The maximum absolute atomic E-state index is 12.8. The Balaban J connectivity index is 1.07. The van der Waals surface area contributed by atoms with Gasteiger partial charge in [-0.05, 0) is 81.9 Å². The predicted octanol–water partition coefficient (Wildman–Crippen LogP) is 4.64. The minimum atomic E-state index is -0.119. The van der Waals surface area contributed by atoms with E-state index >= 15 is 0 Å². The third-order valence-electron chi connectivity index (χ3n) is 7.40. The molecule has 36 heavy (non-hydrogen) atoms. The standard InChI is InChI=1S/C27H32N6O3/c34-26(32-14-9-21(10-15-32)31-12-1-2-13-31)30-25-18-23(7-11-28-25)36-22-5-6-24-19(17-22)8-16-33(24)27(35)29-20-3-4-20/h5-8,11,16-18,20-21H,1-4,9-10,12-15H2,(H,29,35)(H,28,30,34). The lowest BCUT2D eigenvalue weighted by Crippen LogP contribution is -2.47. The van der Waals surface area contributed by atoms with Crippen LogP contribution in [-0.2, 0) is 0 Å². The van der Waals surface area contributed by atoms with Crippen molar-refractivity contribution >= 4 is 28.8 Å². The van der Waals surface area contributed by atoms with Crippen LogP contribution in [0.3, 0.4) is 0 Å². The lowest BCUT2D eigenvalue weighted by molar-refractivity contribution is 0.140. The number of anilines is 1. The van der Waals surface area contributed by atoms with Gasteiger partial charge in [-0.1, -0.05) is 0 Å².